The summed E-state index contributed by atoms with van der Waals surface area (Å²) in [6.45, 7) is 3.36. The highest BCUT2D eigenvalue weighted by atomic mass is 16.4. The number of rotatable bonds is 0. The highest BCUT2D eigenvalue weighted by Crippen LogP contribution is 2.30. The Labute approximate surface area is 69.6 Å². The van der Waals surface area contributed by atoms with Gasteiger partial charge in [-0.25, -0.2) is 9.69 Å². The molecule has 1 unspecified atom stereocenters. The Kier molecular flexibility index (Phi) is 1.83. The summed E-state index contributed by atoms with van der Waals surface area (Å²) in [4.78, 5) is 22.1. The monoisotopic (exact) mass is 173 g/mol. The molecule has 0 aromatic heterocycles. The van der Waals surface area contributed by atoms with Crippen molar-refractivity contribution in [3.05, 3.63) is 0 Å². The molecule has 1 atom stereocenters. The molecule has 0 aliphatic carbocycles. The van der Waals surface area contributed by atoms with Gasteiger partial charge in [0.2, 0.25) is 0 Å². The van der Waals surface area contributed by atoms with Crippen molar-refractivity contribution in [2.75, 3.05) is 6.54 Å². The normalized spacial score (nSPS) is 27.8. The van der Waals surface area contributed by atoms with Crippen LogP contribution in [-0.4, -0.2) is 39.8 Å². The SMILES string of the molecule is CC1(C)CN(C(=O)O)C(=O)C1O. The quantitative estimate of drug-likeness (QED) is 0.536. The van der Waals surface area contributed by atoms with Gasteiger partial charge in [0.1, 0.15) is 6.10 Å². The number of carboxylic acid groups (broad SMARTS) is 1. The minimum absolute atomic E-state index is 0.0579. The van der Waals surface area contributed by atoms with Gasteiger partial charge in [0.25, 0.3) is 5.91 Å². The molecule has 5 nitrogen and oxygen atoms in total. The number of carbonyl (C=O) groups excluding carboxylic acids is 1. The summed E-state index contributed by atoms with van der Waals surface area (Å²) >= 11 is 0. The Bertz CT molecular complexity index is 236. The first kappa shape index (κ1) is 8.99. The molecule has 12 heavy (non-hydrogen) atoms. The summed E-state index contributed by atoms with van der Waals surface area (Å²) in [5.74, 6) is -0.729. The molecule has 0 radical (unpaired) electrons. The molecule has 0 aromatic carbocycles. The fraction of sp³-hybridized carbons (Fsp3) is 0.714. The predicted octanol–water partition coefficient (Wildman–Crippen LogP) is -0.106. The van der Waals surface area contributed by atoms with Crippen molar-refractivity contribution >= 4 is 12.0 Å². The summed E-state index contributed by atoms with van der Waals surface area (Å²) in [5, 5.41) is 17.8. The summed E-state index contributed by atoms with van der Waals surface area (Å²) in [5.41, 5.74) is -0.671. The molecule has 0 saturated carbocycles. The number of amides is 2. The summed E-state index contributed by atoms with van der Waals surface area (Å²) in [6.07, 6.45) is -2.50. The molecule has 2 amide bonds. The lowest BCUT2D eigenvalue weighted by Gasteiger charge is -2.18. The molecular formula is C7H11NO4. The van der Waals surface area contributed by atoms with Crippen LogP contribution in [0.25, 0.3) is 0 Å². The van der Waals surface area contributed by atoms with Gasteiger partial charge >= 0.3 is 6.09 Å². The average Bonchev–Trinajstić information content (AvgIpc) is 2.14. The molecule has 1 fully saturated rings. The molecule has 1 heterocycles. The average molecular weight is 173 g/mol. The van der Waals surface area contributed by atoms with Crippen LogP contribution in [0.3, 0.4) is 0 Å². The maximum Gasteiger partial charge on any atom is 0.414 e. The van der Waals surface area contributed by atoms with Gasteiger partial charge in [-0.1, -0.05) is 13.8 Å². The van der Waals surface area contributed by atoms with Gasteiger partial charge < -0.3 is 10.2 Å². The van der Waals surface area contributed by atoms with Crippen LogP contribution in [0.5, 0.6) is 0 Å². The zero-order chi connectivity index (χ0) is 9.52. The van der Waals surface area contributed by atoms with Crippen molar-refractivity contribution < 1.29 is 19.8 Å². The fourth-order valence-electron chi connectivity index (χ4n) is 1.22. The molecule has 5 heteroatoms. The topological polar surface area (TPSA) is 77.8 Å². The number of imide groups is 1. The largest absolute Gasteiger partial charge is 0.465 e. The van der Waals surface area contributed by atoms with Gasteiger partial charge in [-0.2, -0.15) is 0 Å². The van der Waals surface area contributed by atoms with Crippen LogP contribution in [0.15, 0.2) is 0 Å². The van der Waals surface area contributed by atoms with E-state index >= 15 is 0 Å². The van der Waals surface area contributed by atoms with Crippen molar-refractivity contribution in [3.8, 4) is 0 Å². The van der Waals surface area contributed by atoms with E-state index in [4.69, 9.17) is 5.11 Å². The van der Waals surface area contributed by atoms with Crippen molar-refractivity contribution in [3.63, 3.8) is 0 Å². The van der Waals surface area contributed by atoms with Gasteiger partial charge in [0.15, 0.2) is 0 Å². The third-order valence-electron chi connectivity index (χ3n) is 2.04. The molecule has 0 bridgehead atoms. The lowest BCUT2D eigenvalue weighted by Crippen LogP contribution is -2.33. The van der Waals surface area contributed by atoms with E-state index in [0.717, 1.165) is 0 Å². The van der Waals surface area contributed by atoms with E-state index in [0.29, 0.717) is 4.90 Å². The highest BCUT2D eigenvalue weighted by molar-refractivity contribution is 5.96. The first-order chi connectivity index (χ1) is 5.36. The van der Waals surface area contributed by atoms with Crippen LogP contribution in [-0.2, 0) is 4.79 Å². The van der Waals surface area contributed by atoms with Crippen LogP contribution in [0, 0.1) is 5.41 Å². The van der Waals surface area contributed by atoms with Crippen LogP contribution in [0.1, 0.15) is 13.8 Å². The molecular weight excluding hydrogens is 162 g/mol. The van der Waals surface area contributed by atoms with Crippen LogP contribution in [0.2, 0.25) is 0 Å². The van der Waals surface area contributed by atoms with Crippen LogP contribution < -0.4 is 0 Å². The number of aliphatic hydroxyl groups is 1. The Morgan fingerprint density at radius 1 is 1.67 bits per heavy atom. The summed E-state index contributed by atoms with van der Waals surface area (Å²) in [7, 11) is 0. The van der Waals surface area contributed by atoms with Crippen LogP contribution >= 0.6 is 0 Å². The first-order valence-corrected chi connectivity index (χ1v) is 3.58. The van der Waals surface area contributed by atoms with Crippen molar-refractivity contribution in [2.45, 2.75) is 20.0 Å². The zero-order valence-corrected chi connectivity index (χ0v) is 6.94. The van der Waals surface area contributed by atoms with E-state index in [9.17, 15) is 14.7 Å². The smallest absolute Gasteiger partial charge is 0.414 e. The zero-order valence-electron chi connectivity index (χ0n) is 6.94. The standard InChI is InChI=1S/C7H11NO4/c1-7(2)3-8(6(11)12)5(10)4(7)9/h4,9H,3H2,1-2H3,(H,11,12). The van der Waals surface area contributed by atoms with E-state index in [-0.39, 0.29) is 6.54 Å². The Morgan fingerprint density at radius 3 is 2.33 bits per heavy atom. The molecule has 2 N–H and O–H groups in total. The maximum atomic E-state index is 11.1. The van der Waals surface area contributed by atoms with Crippen LogP contribution in [0.4, 0.5) is 4.79 Å². The number of likely N-dealkylation sites (tertiary alicyclic amines) is 1. The second-order valence-electron chi connectivity index (χ2n) is 3.60. The molecule has 1 aliphatic rings. The second-order valence-corrected chi connectivity index (χ2v) is 3.60. The van der Waals surface area contributed by atoms with Gasteiger partial charge in [-0.3, -0.25) is 4.79 Å². The fourth-order valence-corrected chi connectivity index (χ4v) is 1.22. The number of hydrogen-bond acceptors (Lipinski definition) is 3. The number of carbonyl (C=O) groups is 2. The van der Waals surface area contributed by atoms with Gasteiger partial charge in [0, 0.05) is 12.0 Å². The van der Waals surface area contributed by atoms with E-state index in [2.05, 4.69) is 0 Å². The third-order valence-corrected chi connectivity index (χ3v) is 2.04. The van der Waals surface area contributed by atoms with E-state index in [1.807, 2.05) is 0 Å². The molecule has 1 rings (SSSR count). The number of hydrogen-bond donors (Lipinski definition) is 2. The molecule has 0 spiro atoms. The number of aliphatic hydroxyl groups excluding tert-OH is 1. The maximum absolute atomic E-state index is 11.1. The Morgan fingerprint density at radius 2 is 2.17 bits per heavy atom. The lowest BCUT2D eigenvalue weighted by molar-refractivity contribution is -0.134. The summed E-state index contributed by atoms with van der Waals surface area (Å²) < 4.78 is 0. The minimum Gasteiger partial charge on any atom is -0.465 e. The number of nitrogens with zero attached hydrogens (tertiary/aromatic N) is 1. The first-order valence-electron chi connectivity index (χ1n) is 3.58. The van der Waals surface area contributed by atoms with E-state index in [1.165, 1.54) is 0 Å². The minimum atomic E-state index is -1.30. The lowest BCUT2D eigenvalue weighted by atomic mass is 9.90. The van der Waals surface area contributed by atoms with E-state index < -0.39 is 23.5 Å². The van der Waals surface area contributed by atoms with Gasteiger partial charge in [0.05, 0.1) is 0 Å². The molecule has 0 aromatic rings. The van der Waals surface area contributed by atoms with Gasteiger partial charge in [-0.05, 0) is 0 Å². The highest BCUT2D eigenvalue weighted by Gasteiger charge is 2.47. The molecule has 1 saturated heterocycles. The van der Waals surface area contributed by atoms with Crippen molar-refractivity contribution in [2.24, 2.45) is 5.41 Å². The second kappa shape index (κ2) is 2.45. The third kappa shape index (κ3) is 1.16. The van der Waals surface area contributed by atoms with Crippen molar-refractivity contribution in [1.82, 2.24) is 4.90 Å². The molecule has 68 valence electrons. The predicted molar refractivity (Wildman–Crippen MR) is 39.5 cm³/mol. The van der Waals surface area contributed by atoms with Gasteiger partial charge in [-0.15, -0.1) is 0 Å². The van der Waals surface area contributed by atoms with Crippen molar-refractivity contribution in [1.29, 1.82) is 0 Å². The van der Waals surface area contributed by atoms with E-state index in [1.54, 1.807) is 13.8 Å². The summed E-state index contributed by atoms with van der Waals surface area (Å²) in [6, 6.07) is 0. The Hall–Kier alpha value is -1.10. The Balaban J connectivity index is 2.89. The molecule has 1 aliphatic heterocycles.